The van der Waals surface area contributed by atoms with E-state index in [-0.39, 0.29) is 0 Å². The normalized spacial score (nSPS) is 52.6. The van der Waals surface area contributed by atoms with Crippen LogP contribution in [0, 0.1) is 0 Å². The highest BCUT2D eigenvalue weighted by atomic mass is 16.6. The Morgan fingerprint density at radius 2 is 1.45 bits per heavy atom. The van der Waals surface area contributed by atoms with E-state index < -0.39 is 30.7 Å². The Balaban J connectivity index is 2.63. The maximum Gasteiger partial charge on any atom is 0.183 e. The molecule has 11 heavy (non-hydrogen) atoms. The van der Waals surface area contributed by atoms with Crippen LogP contribution in [0.3, 0.4) is 0 Å². The highest BCUT2D eigenvalue weighted by molar-refractivity contribution is 4.86. The Kier molecular flexibility index (Phi) is 2.46. The summed E-state index contributed by atoms with van der Waals surface area (Å²) in [6, 6.07) is 0. The van der Waals surface area contributed by atoms with E-state index in [9.17, 15) is 0 Å². The second-order valence-corrected chi connectivity index (χ2v) is 2.70. The molecule has 0 aromatic carbocycles. The van der Waals surface area contributed by atoms with Crippen molar-refractivity contribution in [2.24, 2.45) is 0 Å². The SMILES string of the molecule is C[C@H]1O[C@@H](O)[C@@H](O)[C@@H](O)[C@@H]1O. The smallest absolute Gasteiger partial charge is 0.183 e. The van der Waals surface area contributed by atoms with Crippen LogP contribution in [0.25, 0.3) is 0 Å². The fraction of sp³-hybridized carbons (Fsp3) is 1.00. The first kappa shape index (κ1) is 8.89. The molecule has 0 aromatic rings. The van der Waals surface area contributed by atoms with Gasteiger partial charge in [0.2, 0.25) is 0 Å². The minimum absolute atomic E-state index is 0.664. The molecule has 0 aromatic heterocycles. The molecular weight excluding hydrogens is 152 g/mol. The summed E-state index contributed by atoms with van der Waals surface area (Å²) in [5.41, 5.74) is 0. The van der Waals surface area contributed by atoms with Crippen LogP contribution in [-0.4, -0.2) is 51.1 Å². The zero-order valence-corrected chi connectivity index (χ0v) is 6.08. The van der Waals surface area contributed by atoms with Crippen LogP contribution >= 0.6 is 0 Å². The minimum Gasteiger partial charge on any atom is -0.388 e. The van der Waals surface area contributed by atoms with Crippen molar-refractivity contribution in [1.82, 2.24) is 0 Å². The van der Waals surface area contributed by atoms with Gasteiger partial charge in [0.25, 0.3) is 0 Å². The zero-order valence-electron chi connectivity index (χ0n) is 6.08. The van der Waals surface area contributed by atoms with E-state index in [0.717, 1.165) is 0 Å². The van der Waals surface area contributed by atoms with Gasteiger partial charge in [0.15, 0.2) is 6.29 Å². The Hall–Kier alpha value is -0.200. The van der Waals surface area contributed by atoms with Gasteiger partial charge in [0.1, 0.15) is 18.3 Å². The lowest BCUT2D eigenvalue weighted by Gasteiger charge is -2.36. The maximum atomic E-state index is 9.09. The van der Waals surface area contributed by atoms with E-state index in [1.54, 1.807) is 0 Å². The van der Waals surface area contributed by atoms with Crippen LogP contribution in [0.1, 0.15) is 6.92 Å². The molecular formula is C6H12O5. The van der Waals surface area contributed by atoms with Crippen LogP contribution < -0.4 is 0 Å². The summed E-state index contributed by atoms with van der Waals surface area (Å²) < 4.78 is 4.68. The van der Waals surface area contributed by atoms with Crippen LogP contribution in [0.2, 0.25) is 0 Å². The third kappa shape index (κ3) is 1.52. The van der Waals surface area contributed by atoms with Crippen LogP contribution in [-0.2, 0) is 4.74 Å². The summed E-state index contributed by atoms with van der Waals surface area (Å²) in [6.45, 7) is 1.50. The van der Waals surface area contributed by atoms with Gasteiger partial charge in [-0.2, -0.15) is 0 Å². The van der Waals surface area contributed by atoms with Crippen LogP contribution in [0.5, 0.6) is 0 Å². The molecule has 4 N–H and O–H groups in total. The molecule has 1 rings (SSSR count). The number of rotatable bonds is 0. The van der Waals surface area contributed by atoms with E-state index in [2.05, 4.69) is 4.74 Å². The molecule has 5 atom stereocenters. The second-order valence-electron chi connectivity index (χ2n) is 2.70. The molecule has 1 aliphatic rings. The van der Waals surface area contributed by atoms with Gasteiger partial charge in [-0.25, -0.2) is 0 Å². The Labute approximate surface area is 63.8 Å². The van der Waals surface area contributed by atoms with Gasteiger partial charge in [0.05, 0.1) is 6.10 Å². The molecule has 66 valence electrons. The predicted molar refractivity (Wildman–Crippen MR) is 34.6 cm³/mol. The molecule has 5 nitrogen and oxygen atoms in total. The molecule has 5 heteroatoms. The van der Waals surface area contributed by atoms with Gasteiger partial charge in [-0.3, -0.25) is 0 Å². The summed E-state index contributed by atoms with van der Waals surface area (Å²) in [7, 11) is 0. The molecule has 0 unspecified atom stereocenters. The lowest BCUT2D eigenvalue weighted by Crippen LogP contribution is -2.56. The Morgan fingerprint density at radius 1 is 0.909 bits per heavy atom. The van der Waals surface area contributed by atoms with Gasteiger partial charge in [-0.1, -0.05) is 0 Å². The quantitative estimate of drug-likeness (QED) is 0.326. The number of ether oxygens (including phenoxy) is 1. The van der Waals surface area contributed by atoms with Crippen molar-refractivity contribution in [1.29, 1.82) is 0 Å². The molecule has 0 saturated carbocycles. The predicted octanol–water partition coefficient (Wildman–Crippen LogP) is -2.19. The fourth-order valence-electron chi connectivity index (χ4n) is 1.03. The van der Waals surface area contributed by atoms with Crippen molar-refractivity contribution in [3.8, 4) is 0 Å². The van der Waals surface area contributed by atoms with Gasteiger partial charge in [0, 0.05) is 0 Å². The van der Waals surface area contributed by atoms with E-state index >= 15 is 0 Å². The van der Waals surface area contributed by atoms with Crippen molar-refractivity contribution in [2.75, 3.05) is 0 Å². The molecule has 0 aliphatic carbocycles. The average Bonchev–Trinajstić information content (AvgIpc) is 1.97. The molecule has 1 fully saturated rings. The van der Waals surface area contributed by atoms with Crippen molar-refractivity contribution in [3.63, 3.8) is 0 Å². The first-order valence-electron chi connectivity index (χ1n) is 3.41. The highest BCUT2D eigenvalue weighted by Gasteiger charge is 2.40. The monoisotopic (exact) mass is 164 g/mol. The van der Waals surface area contributed by atoms with E-state index in [1.165, 1.54) is 6.92 Å². The summed E-state index contributed by atoms with van der Waals surface area (Å²) in [5, 5.41) is 36.0. The van der Waals surface area contributed by atoms with Gasteiger partial charge in [-0.15, -0.1) is 0 Å². The second kappa shape index (κ2) is 3.04. The van der Waals surface area contributed by atoms with Crippen LogP contribution in [0.4, 0.5) is 0 Å². The minimum atomic E-state index is -1.43. The molecule has 0 radical (unpaired) electrons. The Morgan fingerprint density at radius 3 is 2.00 bits per heavy atom. The standard InChI is InChI=1S/C6H12O5/c1-2-3(7)4(8)5(9)6(10)11-2/h2-10H,1H3/t2-,3-,4+,5+,6-/m1/s1. The molecule has 0 amide bonds. The summed E-state index contributed by atoms with van der Waals surface area (Å²) in [6.07, 6.45) is -5.99. The van der Waals surface area contributed by atoms with Gasteiger partial charge in [-0.05, 0) is 6.92 Å². The lowest BCUT2D eigenvalue weighted by atomic mass is 10.0. The highest BCUT2D eigenvalue weighted by Crippen LogP contribution is 2.18. The van der Waals surface area contributed by atoms with Gasteiger partial charge < -0.3 is 25.2 Å². The van der Waals surface area contributed by atoms with E-state index in [4.69, 9.17) is 20.4 Å². The van der Waals surface area contributed by atoms with Crippen molar-refractivity contribution in [3.05, 3.63) is 0 Å². The molecule has 1 saturated heterocycles. The van der Waals surface area contributed by atoms with Crippen molar-refractivity contribution >= 4 is 0 Å². The summed E-state index contributed by atoms with van der Waals surface area (Å²) >= 11 is 0. The third-order valence-electron chi connectivity index (χ3n) is 1.83. The average molecular weight is 164 g/mol. The topological polar surface area (TPSA) is 90.2 Å². The number of aliphatic hydroxyl groups excluding tert-OH is 4. The zero-order chi connectivity index (χ0) is 8.59. The number of aliphatic hydroxyl groups is 4. The van der Waals surface area contributed by atoms with E-state index in [0.29, 0.717) is 0 Å². The Bertz CT molecular complexity index is 125. The summed E-state index contributed by atoms with van der Waals surface area (Å²) in [5.74, 6) is 0. The van der Waals surface area contributed by atoms with Crippen LogP contribution in [0.15, 0.2) is 0 Å². The number of hydrogen-bond acceptors (Lipinski definition) is 5. The van der Waals surface area contributed by atoms with Crippen molar-refractivity contribution in [2.45, 2.75) is 37.6 Å². The number of hydrogen-bond donors (Lipinski definition) is 4. The van der Waals surface area contributed by atoms with Gasteiger partial charge >= 0.3 is 0 Å². The first-order valence-corrected chi connectivity index (χ1v) is 3.41. The molecule has 0 spiro atoms. The third-order valence-corrected chi connectivity index (χ3v) is 1.83. The largest absolute Gasteiger partial charge is 0.388 e. The summed E-state index contributed by atoms with van der Waals surface area (Å²) in [4.78, 5) is 0. The molecule has 1 aliphatic heterocycles. The van der Waals surface area contributed by atoms with E-state index in [1.807, 2.05) is 0 Å². The van der Waals surface area contributed by atoms with Crippen molar-refractivity contribution < 1.29 is 25.2 Å². The molecule has 0 bridgehead atoms. The fourth-order valence-corrected chi connectivity index (χ4v) is 1.03. The maximum absolute atomic E-state index is 9.09. The lowest BCUT2D eigenvalue weighted by molar-refractivity contribution is -0.277. The first-order chi connectivity index (χ1) is 5.04. The molecule has 1 heterocycles.